The molecule has 0 aliphatic rings. The second-order valence-electron chi connectivity index (χ2n) is 5.32. The van der Waals surface area contributed by atoms with Gasteiger partial charge in [-0.2, -0.15) is 0 Å². The number of nitrogens with zero attached hydrogens (tertiary/aromatic N) is 4. The van der Waals surface area contributed by atoms with Crippen LogP contribution < -0.4 is 5.32 Å². The molecule has 0 aromatic carbocycles. The zero-order chi connectivity index (χ0) is 17.8. The van der Waals surface area contributed by atoms with Crippen molar-refractivity contribution in [1.29, 1.82) is 0 Å². The zero-order valence-corrected chi connectivity index (χ0v) is 16.0. The minimum atomic E-state index is -0.338. The van der Waals surface area contributed by atoms with Crippen LogP contribution in [0.25, 0.3) is 0 Å². The normalized spacial score (nSPS) is 12.1. The summed E-state index contributed by atoms with van der Waals surface area (Å²) in [5, 5.41) is 14.1. The van der Waals surface area contributed by atoms with Crippen molar-refractivity contribution in [2.24, 2.45) is 7.05 Å². The van der Waals surface area contributed by atoms with Gasteiger partial charge in [-0.05, 0) is 30.5 Å². The van der Waals surface area contributed by atoms with E-state index in [9.17, 15) is 4.79 Å². The monoisotopic (exact) mass is 393 g/mol. The Morgan fingerprint density at radius 3 is 2.92 bits per heavy atom. The lowest BCUT2D eigenvalue weighted by atomic mass is 10.3. The second kappa shape index (κ2) is 7.99. The van der Waals surface area contributed by atoms with Gasteiger partial charge in [-0.25, -0.2) is 4.98 Å². The lowest BCUT2D eigenvalue weighted by Gasteiger charge is -2.11. The van der Waals surface area contributed by atoms with Gasteiger partial charge in [0.15, 0.2) is 5.16 Å². The maximum atomic E-state index is 12.3. The molecule has 130 valence electrons. The van der Waals surface area contributed by atoms with Crippen LogP contribution in [0.5, 0.6) is 0 Å². The molecule has 0 saturated carbocycles. The molecular weight excluding hydrogens is 378 g/mol. The highest BCUT2D eigenvalue weighted by molar-refractivity contribution is 8.00. The van der Waals surface area contributed by atoms with E-state index in [4.69, 9.17) is 11.6 Å². The van der Waals surface area contributed by atoms with Crippen LogP contribution in [-0.2, 0) is 18.3 Å². The highest BCUT2D eigenvalue weighted by atomic mass is 35.5. The van der Waals surface area contributed by atoms with Crippen molar-refractivity contribution >= 4 is 46.4 Å². The van der Waals surface area contributed by atoms with Crippen molar-refractivity contribution in [3.8, 4) is 0 Å². The number of nitrogens with one attached hydrogen (secondary N) is 1. The number of hydrogen-bond acceptors (Lipinski definition) is 6. The van der Waals surface area contributed by atoms with Crippen molar-refractivity contribution in [1.82, 2.24) is 19.7 Å². The van der Waals surface area contributed by atoms with Gasteiger partial charge in [0.05, 0.1) is 10.3 Å². The number of aromatic nitrogens is 4. The van der Waals surface area contributed by atoms with Gasteiger partial charge in [-0.3, -0.25) is 4.79 Å². The van der Waals surface area contributed by atoms with Gasteiger partial charge in [0, 0.05) is 24.5 Å². The van der Waals surface area contributed by atoms with Crippen molar-refractivity contribution in [2.45, 2.75) is 23.8 Å². The lowest BCUT2D eigenvalue weighted by molar-refractivity contribution is -0.115. The third kappa shape index (κ3) is 4.59. The fourth-order valence-corrected chi connectivity index (χ4v) is 3.71. The van der Waals surface area contributed by atoms with Crippen LogP contribution in [0.3, 0.4) is 0 Å². The minimum absolute atomic E-state index is 0.150. The third-order valence-electron chi connectivity index (χ3n) is 3.47. The van der Waals surface area contributed by atoms with Gasteiger partial charge >= 0.3 is 0 Å². The van der Waals surface area contributed by atoms with Crippen LogP contribution in [0.1, 0.15) is 17.6 Å². The summed E-state index contributed by atoms with van der Waals surface area (Å²) in [7, 11) is 1.91. The molecule has 0 fully saturated rings. The first-order valence-corrected chi connectivity index (χ1v) is 9.66. The number of carbonyl (C=O) groups excluding carboxylic acids is 1. The first kappa shape index (κ1) is 17.9. The van der Waals surface area contributed by atoms with Crippen molar-refractivity contribution in [3.05, 3.63) is 51.6 Å². The summed E-state index contributed by atoms with van der Waals surface area (Å²) in [5.74, 6) is 1.19. The van der Waals surface area contributed by atoms with Crippen molar-refractivity contribution in [3.63, 3.8) is 0 Å². The smallest absolute Gasteiger partial charge is 0.238 e. The lowest BCUT2D eigenvalue weighted by Crippen LogP contribution is -2.23. The highest BCUT2D eigenvalue weighted by Crippen LogP contribution is 2.24. The van der Waals surface area contributed by atoms with E-state index in [1.165, 1.54) is 22.8 Å². The van der Waals surface area contributed by atoms with E-state index >= 15 is 0 Å². The average molecular weight is 394 g/mol. The van der Waals surface area contributed by atoms with Crippen molar-refractivity contribution in [2.75, 3.05) is 5.32 Å². The Hall–Kier alpha value is -1.90. The maximum Gasteiger partial charge on any atom is 0.238 e. The first-order chi connectivity index (χ1) is 12.0. The molecule has 0 aliphatic carbocycles. The van der Waals surface area contributed by atoms with E-state index in [0.717, 1.165) is 12.2 Å². The van der Waals surface area contributed by atoms with E-state index in [0.29, 0.717) is 16.0 Å². The van der Waals surface area contributed by atoms with E-state index in [1.807, 2.05) is 30.0 Å². The molecule has 0 bridgehead atoms. The Bertz CT molecular complexity index is 848. The molecule has 0 radical (unpaired) electrons. The van der Waals surface area contributed by atoms with E-state index in [-0.39, 0.29) is 11.2 Å². The summed E-state index contributed by atoms with van der Waals surface area (Å²) >= 11 is 8.84. The Morgan fingerprint density at radius 2 is 2.24 bits per heavy atom. The fraction of sp³-hybridized carbons (Fsp3) is 0.250. The summed E-state index contributed by atoms with van der Waals surface area (Å²) in [6.45, 7) is 1.82. The number of rotatable bonds is 6. The van der Waals surface area contributed by atoms with Gasteiger partial charge in [-0.15, -0.1) is 21.5 Å². The molecule has 1 atom stereocenters. The molecule has 0 saturated heterocycles. The number of thioether (sulfide) groups is 1. The molecule has 0 spiro atoms. The summed E-state index contributed by atoms with van der Waals surface area (Å²) in [6, 6.07) is 7.44. The molecule has 3 rings (SSSR count). The van der Waals surface area contributed by atoms with E-state index in [1.54, 1.807) is 23.5 Å². The molecule has 3 aromatic heterocycles. The average Bonchev–Trinajstić information content (AvgIpc) is 3.22. The summed E-state index contributed by atoms with van der Waals surface area (Å²) < 4.78 is 1.93. The number of amides is 1. The Kier molecular flexibility index (Phi) is 5.72. The largest absolute Gasteiger partial charge is 0.310 e. The van der Waals surface area contributed by atoms with Crippen LogP contribution in [0.2, 0.25) is 5.02 Å². The SMILES string of the molecule is C[C@@H](Sc1nnc(Cc2cccs2)n1C)C(=O)Nc1ccc(Cl)cn1. The number of pyridine rings is 1. The molecule has 0 aliphatic heterocycles. The van der Waals surface area contributed by atoms with Crippen LogP contribution in [0, 0.1) is 0 Å². The fourth-order valence-electron chi connectivity index (χ4n) is 2.06. The van der Waals surface area contributed by atoms with Crippen molar-refractivity contribution < 1.29 is 4.79 Å². The van der Waals surface area contributed by atoms with Gasteiger partial charge in [0.25, 0.3) is 0 Å². The molecule has 0 unspecified atom stereocenters. The number of halogens is 1. The highest BCUT2D eigenvalue weighted by Gasteiger charge is 2.19. The predicted octanol–water partition coefficient (Wildman–Crippen LogP) is 3.64. The minimum Gasteiger partial charge on any atom is -0.310 e. The molecule has 3 aromatic rings. The molecule has 3 heterocycles. The Morgan fingerprint density at radius 1 is 1.40 bits per heavy atom. The number of anilines is 1. The zero-order valence-electron chi connectivity index (χ0n) is 13.6. The predicted molar refractivity (Wildman–Crippen MR) is 101 cm³/mol. The molecule has 6 nitrogen and oxygen atoms in total. The Labute approximate surface area is 158 Å². The van der Waals surface area contributed by atoms with E-state index < -0.39 is 0 Å². The molecular formula is C16H16ClN5OS2. The van der Waals surface area contributed by atoms with Gasteiger partial charge < -0.3 is 9.88 Å². The van der Waals surface area contributed by atoms with Gasteiger partial charge in [-0.1, -0.05) is 29.4 Å². The molecule has 1 amide bonds. The summed E-state index contributed by atoms with van der Waals surface area (Å²) in [5.41, 5.74) is 0. The second-order valence-corrected chi connectivity index (χ2v) is 8.10. The Balaban J connectivity index is 1.62. The molecule has 9 heteroatoms. The van der Waals surface area contributed by atoms with Crippen LogP contribution in [-0.4, -0.2) is 30.9 Å². The number of thiophene rings is 1. The van der Waals surface area contributed by atoms with Crippen LogP contribution in [0.15, 0.2) is 41.0 Å². The first-order valence-electron chi connectivity index (χ1n) is 7.52. The van der Waals surface area contributed by atoms with Gasteiger partial charge in [0.2, 0.25) is 5.91 Å². The quantitative estimate of drug-likeness (QED) is 0.647. The number of carbonyl (C=O) groups is 1. The number of hydrogen-bond donors (Lipinski definition) is 1. The summed E-state index contributed by atoms with van der Waals surface area (Å²) in [6.07, 6.45) is 2.23. The van der Waals surface area contributed by atoms with Gasteiger partial charge in [0.1, 0.15) is 11.6 Å². The van der Waals surface area contributed by atoms with E-state index in [2.05, 4.69) is 26.6 Å². The van der Waals surface area contributed by atoms with Crippen LogP contribution in [0.4, 0.5) is 5.82 Å². The standard InChI is InChI=1S/C16H16ClN5OS2/c1-10(15(23)19-13-6-5-11(17)9-18-13)25-16-21-20-14(22(16)2)8-12-4-3-7-24-12/h3-7,9-10H,8H2,1-2H3,(H,18,19,23)/t10-/m1/s1. The summed E-state index contributed by atoms with van der Waals surface area (Å²) in [4.78, 5) is 17.6. The topological polar surface area (TPSA) is 72.7 Å². The maximum absolute atomic E-state index is 12.3. The van der Waals surface area contributed by atoms with Crippen LogP contribution >= 0.6 is 34.7 Å². The third-order valence-corrected chi connectivity index (χ3v) is 5.70. The molecule has 25 heavy (non-hydrogen) atoms. The molecule has 1 N–H and O–H groups in total.